The molecule has 0 aliphatic heterocycles. The van der Waals surface area contributed by atoms with Crippen LogP contribution in [-0.2, 0) is 103 Å². The van der Waals surface area contributed by atoms with E-state index in [2.05, 4.69) is 0 Å². The molecule has 0 aromatic carbocycles. The monoisotopic (exact) mass is 417 g/mol. The molecule has 5 heteroatoms. The summed E-state index contributed by atoms with van der Waals surface area (Å²) in [6.07, 6.45) is 0.278. The summed E-state index contributed by atoms with van der Waals surface area (Å²) in [4.78, 5) is 9.81. The van der Waals surface area contributed by atoms with Gasteiger partial charge < -0.3 is 5.11 Å². The molecule has 0 saturated heterocycles. The first-order valence-corrected chi connectivity index (χ1v) is 2.34. The van der Waals surface area contributed by atoms with Gasteiger partial charge in [-0.2, -0.15) is 0 Å². The van der Waals surface area contributed by atoms with Crippen molar-refractivity contribution >= 4 is 5.97 Å². The molecule has 0 spiro atoms. The molecule has 0 bridgehead atoms. The second-order valence-corrected chi connectivity index (χ2v) is 1.99. The molecule has 3 radical (unpaired) electrons. The van der Waals surface area contributed by atoms with E-state index in [4.69, 9.17) is 5.11 Å². The van der Waals surface area contributed by atoms with Gasteiger partial charge in [0, 0.05) is 105 Å². The summed E-state index contributed by atoms with van der Waals surface area (Å²) in [6, 6.07) is 0. The van der Waals surface area contributed by atoms with Crippen molar-refractivity contribution in [2.24, 2.45) is 5.92 Å². The molecule has 0 rings (SSSR count). The van der Waals surface area contributed by atoms with Crippen LogP contribution in [0.5, 0.6) is 0 Å². The van der Waals surface area contributed by atoms with E-state index in [-0.39, 0.29) is 133 Å². The minimum atomic E-state index is -0.713. The SMILES string of the molecule is C.C.C.CC(C)CC(=O)O.[Y].[Y].[Y]. The molecule has 75 valence electrons. The zero-order valence-electron chi connectivity index (χ0n) is 6.37. The number of carbonyl (C=O) groups is 1. The van der Waals surface area contributed by atoms with Gasteiger partial charge >= 0.3 is 5.97 Å². The van der Waals surface area contributed by atoms with Crippen LogP contribution in [-0.4, -0.2) is 11.1 Å². The van der Waals surface area contributed by atoms with E-state index in [1.165, 1.54) is 0 Å². The molecule has 0 saturated carbocycles. The maximum absolute atomic E-state index is 9.81. The first-order chi connectivity index (χ1) is 3.13. The molecule has 0 atom stereocenters. The smallest absolute Gasteiger partial charge is 0.303 e. The molecule has 13 heavy (non-hydrogen) atoms. The molecule has 1 N–H and O–H groups in total. The summed E-state index contributed by atoms with van der Waals surface area (Å²) in [5, 5.41) is 8.08. The van der Waals surface area contributed by atoms with Crippen molar-refractivity contribution in [3.63, 3.8) is 0 Å². The van der Waals surface area contributed by atoms with E-state index in [0.717, 1.165) is 0 Å². The number of aliphatic carboxylic acids is 1. The van der Waals surface area contributed by atoms with Gasteiger partial charge in [-0.25, -0.2) is 0 Å². The molecular weight excluding hydrogens is 395 g/mol. The Morgan fingerprint density at radius 1 is 1.08 bits per heavy atom. The molecule has 2 nitrogen and oxygen atoms in total. The van der Waals surface area contributed by atoms with Crippen LogP contribution in [0.2, 0.25) is 0 Å². The van der Waals surface area contributed by atoms with Gasteiger partial charge in [0.25, 0.3) is 0 Å². The van der Waals surface area contributed by atoms with Crippen LogP contribution in [0.3, 0.4) is 0 Å². The number of hydrogen-bond acceptors (Lipinski definition) is 1. The van der Waals surface area contributed by atoms with Crippen molar-refractivity contribution in [2.45, 2.75) is 42.5 Å². The van der Waals surface area contributed by atoms with Crippen LogP contribution in [0.1, 0.15) is 42.5 Å². The molecular formula is C8H22O2Y3. The molecule has 0 unspecified atom stereocenters. The molecule has 0 heterocycles. The van der Waals surface area contributed by atoms with Crippen molar-refractivity contribution in [1.82, 2.24) is 0 Å². The summed E-state index contributed by atoms with van der Waals surface area (Å²) >= 11 is 0. The fourth-order valence-electron chi connectivity index (χ4n) is 0.349. The van der Waals surface area contributed by atoms with Crippen molar-refractivity contribution < 1.29 is 108 Å². The van der Waals surface area contributed by atoms with Crippen LogP contribution in [0.4, 0.5) is 0 Å². The number of carboxylic acids is 1. The van der Waals surface area contributed by atoms with E-state index < -0.39 is 5.97 Å². The summed E-state index contributed by atoms with van der Waals surface area (Å²) in [7, 11) is 0. The largest absolute Gasteiger partial charge is 0.481 e. The molecule has 0 aliphatic rings. The quantitative estimate of drug-likeness (QED) is 0.751. The zero-order chi connectivity index (χ0) is 5.86. The summed E-state index contributed by atoms with van der Waals surface area (Å²) < 4.78 is 0. The minimum absolute atomic E-state index is 0. The normalized spacial score (nSPS) is 5.15. The predicted molar refractivity (Wildman–Crippen MR) is 47.3 cm³/mol. The molecule has 0 aliphatic carbocycles. The van der Waals surface area contributed by atoms with Crippen molar-refractivity contribution in [3.05, 3.63) is 0 Å². The van der Waals surface area contributed by atoms with Gasteiger partial charge in [0.1, 0.15) is 0 Å². The topological polar surface area (TPSA) is 37.3 Å². The Labute approximate surface area is 159 Å². The number of hydrogen-bond donors (Lipinski definition) is 1. The van der Waals surface area contributed by atoms with Crippen LogP contribution < -0.4 is 0 Å². The maximum Gasteiger partial charge on any atom is 0.303 e. The van der Waals surface area contributed by atoms with Gasteiger partial charge in [0.15, 0.2) is 0 Å². The van der Waals surface area contributed by atoms with Gasteiger partial charge in [0.2, 0.25) is 0 Å². The standard InChI is InChI=1S/C5H10O2.3CH4.3Y/c1-4(2)3-5(6)7;;;;;;/h4H,3H2,1-2H3,(H,6,7);3*1H4;;;. The Bertz CT molecular complexity index is 77.8. The van der Waals surface area contributed by atoms with Gasteiger partial charge in [-0.15, -0.1) is 0 Å². The predicted octanol–water partition coefficient (Wildman–Crippen LogP) is 3.02. The number of rotatable bonds is 2. The molecule has 0 amide bonds. The van der Waals surface area contributed by atoms with E-state index in [1.807, 2.05) is 13.8 Å². The van der Waals surface area contributed by atoms with E-state index in [9.17, 15) is 4.79 Å². The van der Waals surface area contributed by atoms with E-state index in [1.54, 1.807) is 0 Å². The van der Waals surface area contributed by atoms with Gasteiger partial charge in [-0.05, 0) is 5.92 Å². The van der Waals surface area contributed by atoms with Gasteiger partial charge in [-0.3, -0.25) is 4.79 Å². The van der Waals surface area contributed by atoms with E-state index in [0.29, 0.717) is 0 Å². The second-order valence-electron chi connectivity index (χ2n) is 1.99. The summed E-state index contributed by atoms with van der Waals surface area (Å²) in [6.45, 7) is 3.77. The van der Waals surface area contributed by atoms with Crippen molar-refractivity contribution in [1.29, 1.82) is 0 Å². The Morgan fingerprint density at radius 2 is 1.31 bits per heavy atom. The third-order valence-corrected chi connectivity index (χ3v) is 0.583. The fraction of sp³-hybridized carbons (Fsp3) is 0.875. The molecule has 0 fully saturated rings. The molecule has 0 aromatic rings. The maximum atomic E-state index is 9.81. The summed E-state index contributed by atoms with van der Waals surface area (Å²) in [5.41, 5.74) is 0. The van der Waals surface area contributed by atoms with Crippen LogP contribution in [0, 0.1) is 5.92 Å². The minimum Gasteiger partial charge on any atom is -0.481 e. The second kappa shape index (κ2) is 29.3. The third kappa shape index (κ3) is 52.5. The van der Waals surface area contributed by atoms with Gasteiger partial charge in [0.05, 0.1) is 0 Å². The summed E-state index contributed by atoms with van der Waals surface area (Å²) in [5.74, 6) is -0.438. The van der Waals surface area contributed by atoms with Gasteiger partial charge in [-0.1, -0.05) is 36.1 Å². The van der Waals surface area contributed by atoms with Crippen LogP contribution in [0.25, 0.3) is 0 Å². The Morgan fingerprint density at radius 3 is 1.31 bits per heavy atom. The first-order valence-electron chi connectivity index (χ1n) is 2.34. The van der Waals surface area contributed by atoms with E-state index >= 15 is 0 Å². The number of carboxylic acid groups (broad SMARTS) is 1. The fourth-order valence-corrected chi connectivity index (χ4v) is 0.349. The first kappa shape index (κ1) is 44.7. The van der Waals surface area contributed by atoms with Crippen LogP contribution >= 0.6 is 0 Å². The van der Waals surface area contributed by atoms with Crippen LogP contribution in [0.15, 0.2) is 0 Å². The van der Waals surface area contributed by atoms with Crippen molar-refractivity contribution in [3.8, 4) is 0 Å². The Hall–Kier alpha value is 2.78. The average Bonchev–Trinajstić information content (AvgIpc) is 1.27. The van der Waals surface area contributed by atoms with Crippen molar-refractivity contribution in [2.75, 3.05) is 0 Å². The average molecular weight is 417 g/mol. The Balaban J connectivity index is -0.0000000120. The zero-order valence-corrected chi connectivity index (χ0v) is 14.9. The molecule has 0 aromatic heterocycles. The Kier molecular flexibility index (Phi) is 101. The third-order valence-electron chi connectivity index (χ3n) is 0.583.